The molecule has 0 aliphatic carbocycles. The topological polar surface area (TPSA) is 76.0 Å². The van der Waals surface area contributed by atoms with Crippen molar-refractivity contribution in [1.29, 1.82) is 0 Å². The summed E-state index contributed by atoms with van der Waals surface area (Å²) in [5, 5.41) is 19.6. The van der Waals surface area contributed by atoms with E-state index in [1.807, 2.05) is 0 Å². The predicted octanol–water partition coefficient (Wildman–Crippen LogP) is 8.40. The molecule has 0 aromatic rings. The van der Waals surface area contributed by atoms with Gasteiger partial charge in [-0.3, -0.25) is 0 Å². The van der Waals surface area contributed by atoms with Crippen molar-refractivity contribution in [1.82, 2.24) is 0 Å². The summed E-state index contributed by atoms with van der Waals surface area (Å²) in [5.41, 5.74) is 0. The van der Waals surface area contributed by atoms with Crippen molar-refractivity contribution in [2.75, 3.05) is 0 Å². The zero-order chi connectivity index (χ0) is 23.7. The van der Waals surface area contributed by atoms with Gasteiger partial charge in [-0.15, -0.1) is 0 Å². The van der Waals surface area contributed by atoms with Crippen LogP contribution in [-0.4, -0.2) is 28.9 Å². The first kappa shape index (κ1) is 31.2. The second-order valence-corrected chi connectivity index (χ2v) is 9.34. The molecule has 0 rings (SSSR count). The van der Waals surface area contributed by atoms with Crippen molar-refractivity contribution < 1.29 is 24.5 Å². The fourth-order valence-electron chi connectivity index (χ4n) is 3.98. The van der Waals surface area contributed by atoms with Crippen LogP contribution >= 0.6 is 0 Å². The standard InChI is InChI=1S/C27H54O5/c1-3-5-7-9-11-13-15-17-19-21-23-25(28)31-27(30)32-26(29)24-22-20-18-16-14-12-10-8-6-4-2/h25-26,28-29H,3-24H2,1-2H3. The number of hydrogen-bond acceptors (Lipinski definition) is 5. The average molecular weight is 459 g/mol. The molecule has 0 saturated carbocycles. The van der Waals surface area contributed by atoms with Gasteiger partial charge in [0.25, 0.3) is 0 Å². The van der Waals surface area contributed by atoms with Crippen molar-refractivity contribution in [3.63, 3.8) is 0 Å². The lowest BCUT2D eigenvalue weighted by Gasteiger charge is -2.15. The molecule has 32 heavy (non-hydrogen) atoms. The maximum Gasteiger partial charge on any atom is 0.512 e. The van der Waals surface area contributed by atoms with Gasteiger partial charge in [0.15, 0.2) is 0 Å². The third-order valence-electron chi connectivity index (χ3n) is 6.07. The number of carbonyl (C=O) groups excluding carboxylic acids is 1. The number of rotatable bonds is 24. The number of aliphatic hydroxyl groups is 2. The van der Waals surface area contributed by atoms with E-state index in [1.165, 1.54) is 89.9 Å². The quantitative estimate of drug-likeness (QED) is 0.0862. The molecule has 0 aliphatic heterocycles. The summed E-state index contributed by atoms with van der Waals surface area (Å²) >= 11 is 0. The first-order chi connectivity index (χ1) is 15.6. The van der Waals surface area contributed by atoms with Crippen LogP contribution in [0.3, 0.4) is 0 Å². The van der Waals surface area contributed by atoms with Crippen LogP contribution in [0.1, 0.15) is 155 Å². The number of carbonyl (C=O) groups is 1. The molecule has 192 valence electrons. The molecule has 0 radical (unpaired) electrons. The molecule has 0 heterocycles. The van der Waals surface area contributed by atoms with E-state index in [1.54, 1.807) is 0 Å². The molecule has 2 N–H and O–H groups in total. The van der Waals surface area contributed by atoms with Crippen LogP contribution in [0.2, 0.25) is 0 Å². The fourth-order valence-corrected chi connectivity index (χ4v) is 3.98. The Morgan fingerprint density at radius 1 is 0.500 bits per heavy atom. The molecule has 0 amide bonds. The Hall–Kier alpha value is -0.810. The Labute approximate surface area is 198 Å². The first-order valence-electron chi connectivity index (χ1n) is 13.8. The molecule has 0 aliphatic rings. The van der Waals surface area contributed by atoms with Gasteiger partial charge >= 0.3 is 6.16 Å². The minimum absolute atomic E-state index is 0.417. The molecule has 2 unspecified atom stereocenters. The van der Waals surface area contributed by atoms with Crippen molar-refractivity contribution in [3.8, 4) is 0 Å². The SMILES string of the molecule is CCCCCCCCCCCCC(O)OC(=O)OC(O)CCCCCCCCCCCC. The van der Waals surface area contributed by atoms with E-state index < -0.39 is 18.7 Å². The third-order valence-corrected chi connectivity index (χ3v) is 6.07. The van der Waals surface area contributed by atoms with E-state index in [4.69, 9.17) is 9.47 Å². The highest BCUT2D eigenvalue weighted by atomic mass is 16.8. The average Bonchev–Trinajstić information content (AvgIpc) is 2.76. The molecule has 5 heteroatoms. The summed E-state index contributed by atoms with van der Waals surface area (Å²) in [6, 6.07) is 0. The summed E-state index contributed by atoms with van der Waals surface area (Å²) in [6.07, 6.45) is 21.9. The van der Waals surface area contributed by atoms with Crippen molar-refractivity contribution in [2.24, 2.45) is 0 Å². The summed E-state index contributed by atoms with van der Waals surface area (Å²) < 4.78 is 9.68. The minimum atomic E-state index is -1.15. The van der Waals surface area contributed by atoms with Crippen LogP contribution in [-0.2, 0) is 9.47 Å². The predicted molar refractivity (Wildman–Crippen MR) is 133 cm³/mol. The second kappa shape index (κ2) is 24.8. The zero-order valence-corrected chi connectivity index (χ0v) is 21.3. The van der Waals surface area contributed by atoms with Gasteiger partial charge in [-0.1, -0.05) is 129 Å². The van der Waals surface area contributed by atoms with Crippen LogP contribution in [0, 0.1) is 0 Å². The number of unbranched alkanes of at least 4 members (excludes halogenated alkanes) is 18. The molecular weight excluding hydrogens is 404 g/mol. The van der Waals surface area contributed by atoms with Crippen LogP contribution < -0.4 is 0 Å². The Balaban J connectivity index is 3.45. The minimum Gasteiger partial charge on any atom is -0.405 e. The molecule has 0 fully saturated rings. The van der Waals surface area contributed by atoms with Gasteiger partial charge in [-0.05, 0) is 12.8 Å². The molecular formula is C27H54O5. The summed E-state index contributed by atoms with van der Waals surface area (Å²) in [4.78, 5) is 11.7. The molecule has 2 atom stereocenters. The van der Waals surface area contributed by atoms with Crippen LogP contribution in [0.15, 0.2) is 0 Å². The number of ether oxygens (including phenoxy) is 2. The van der Waals surface area contributed by atoms with Crippen LogP contribution in [0.25, 0.3) is 0 Å². The second-order valence-electron chi connectivity index (χ2n) is 9.34. The maximum atomic E-state index is 11.7. The van der Waals surface area contributed by atoms with Crippen molar-refractivity contribution >= 4 is 6.16 Å². The van der Waals surface area contributed by atoms with E-state index in [0.29, 0.717) is 12.8 Å². The normalized spacial score (nSPS) is 13.1. The highest BCUT2D eigenvalue weighted by Gasteiger charge is 2.16. The molecule has 0 spiro atoms. The van der Waals surface area contributed by atoms with Crippen LogP contribution in [0.5, 0.6) is 0 Å². The molecule has 0 bridgehead atoms. The third kappa shape index (κ3) is 23.8. The Morgan fingerprint density at radius 2 is 0.750 bits per heavy atom. The summed E-state index contributed by atoms with van der Waals surface area (Å²) in [5.74, 6) is 0. The van der Waals surface area contributed by atoms with Gasteiger partial charge < -0.3 is 19.7 Å². The van der Waals surface area contributed by atoms with Crippen molar-refractivity contribution in [2.45, 2.75) is 168 Å². The van der Waals surface area contributed by atoms with E-state index in [0.717, 1.165) is 38.5 Å². The maximum absolute atomic E-state index is 11.7. The van der Waals surface area contributed by atoms with E-state index >= 15 is 0 Å². The van der Waals surface area contributed by atoms with Crippen molar-refractivity contribution in [3.05, 3.63) is 0 Å². The fraction of sp³-hybridized carbons (Fsp3) is 0.963. The largest absolute Gasteiger partial charge is 0.512 e. The Kier molecular flexibility index (Phi) is 24.2. The lowest BCUT2D eigenvalue weighted by Crippen LogP contribution is -2.23. The summed E-state index contributed by atoms with van der Waals surface area (Å²) in [6.45, 7) is 4.47. The van der Waals surface area contributed by atoms with E-state index in [9.17, 15) is 15.0 Å². The lowest BCUT2D eigenvalue weighted by molar-refractivity contribution is -0.129. The van der Waals surface area contributed by atoms with E-state index in [-0.39, 0.29) is 0 Å². The first-order valence-corrected chi connectivity index (χ1v) is 13.8. The molecule has 5 nitrogen and oxygen atoms in total. The van der Waals surface area contributed by atoms with Crippen LogP contribution in [0.4, 0.5) is 4.79 Å². The smallest absolute Gasteiger partial charge is 0.405 e. The summed E-state index contributed by atoms with van der Waals surface area (Å²) in [7, 11) is 0. The monoisotopic (exact) mass is 458 g/mol. The highest BCUT2D eigenvalue weighted by Crippen LogP contribution is 2.14. The lowest BCUT2D eigenvalue weighted by atomic mass is 10.1. The highest BCUT2D eigenvalue weighted by molar-refractivity contribution is 5.60. The molecule has 0 saturated heterocycles. The Morgan fingerprint density at radius 3 is 1.03 bits per heavy atom. The zero-order valence-electron chi connectivity index (χ0n) is 21.3. The van der Waals surface area contributed by atoms with E-state index in [2.05, 4.69) is 13.8 Å². The number of hydrogen-bond donors (Lipinski definition) is 2. The Bertz CT molecular complexity index is 354. The van der Waals surface area contributed by atoms with Gasteiger partial charge in [0.1, 0.15) is 0 Å². The van der Waals surface area contributed by atoms with Gasteiger partial charge in [-0.2, -0.15) is 0 Å². The van der Waals surface area contributed by atoms with Gasteiger partial charge in [0, 0.05) is 12.8 Å². The van der Waals surface area contributed by atoms with Gasteiger partial charge in [-0.25, -0.2) is 4.79 Å². The van der Waals surface area contributed by atoms with Gasteiger partial charge in [0.2, 0.25) is 12.6 Å². The number of aliphatic hydroxyl groups excluding tert-OH is 2. The van der Waals surface area contributed by atoms with Gasteiger partial charge in [0.05, 0.1) is 0 Å². The molecule has 0 aromatic heterocycles. The molecule has 0 aromatic carbocycles.